The van der Waals surface area contributed by atoms with Crippen LogP contribution in [0.2, 0.25) is 0 Å². The molecule has 298 valence electrons. The normalized spacial score (nSPS) is 11.2. The van der Waals surface area contributed by atoms with Crippen molar-refractivity contribution in [3.8, 4) is 33.4 Å². The Labute approximate surface area is 365 Å². The van der Waals surface area contributed by atoms with Crippen LogP contribution in [-0.4, -0.2) is 0 Å². The molecule has 0 radical (unpaired) electrons. The van der Waals surface area contributed by atoms with Gasteiger partial charge >= 0.3 is 0 Å². The highest BCUT2D eigenvalue weighted by molar-refractivity contribution is 5.96. The summed E-state index contributed by atoms with van der Waals surface area (Å²) in [5, 5.41) is 4.89. The van der Waals surface area contributed by atoms with E-state index in [1.165, 1.54) is 88.6 Å². The maximum absolute atomic E-state index is 2.47. The minimum atomic E-state index is 1.13. The number of benzene rings is 10. The number of para-hydroxylation sites is 2. The van der Waals surface area contributed by atoms with E-state index < -0.39 is 0 Å². The Kier molecular flexibility index (Phi) is 10.2. The smallest absolute Gasteiger partial charge is 0.0540 e. The van der Waals surface area contributed by atoms with Crippen LogP contribution in [-0.2, 0) is 0 Å². The van der Waals surface area contributed by atoms with Gasteiger partial charge in [-0.2, -0.15) is 0 Å². The summed E-state index contributed by atoms with van der Waals surface area (Å²) >= 11 is 0. The third kappa shape index (κ3) is 7.20. The molecule has 62 heavy (non-hydrogen) atoms. The molecule has 0 amide bonds. The lowest BCUT2D eigenvalue weighted by molar-refractivity contribution is 1.21. The van der Waals surface area contributed by atoms with E-state index in [0.29, 0.717) is 0 Å². The first kappa shape index (κ1) is 38.5. The van der Waals surface area contributed by atoms with Crippen LogP contribution in [0.1, 0.15) is 22.3 Å². The second-order valence-electron chi connectivity index (χ2n) is 16.4. The van der Waals surface area contributed by atoms with Gasteiger partial charge in [-0.1, -0.05) is 158 Å². The fourth-order valence-corrected chi connectivity index (χ4v) is 9.42. The quantitative estimate of drug-likeness (QED) is 0.144. The van der Waals surface area contributed by atoms with Crippen molar-refractivity contribution in [1.82, 2.24) is 0 Å². The molecule has 0 unspecified atom stereocenters. The number of fused-ring (bicyclic) bond motifs is 2. The predicted octanol–water partition coefficient (Wildman–Crippen LogP) is 17.2. The van der Waals surface area contributed by atoms with Crippen molar-refractivity contribution >= 4 is 55.7 Å². The van der Waals surface area contributed by atoms with Gasteiger partial charge < -0.3 is 9.80 Å². The van der Waals surface area contributed by atoms with Gasteiger partial charge in [0.15, 0.2) is 0 Å². The Bertz CT molecular complexity index is 2970. The lowest BCUT2D eigenvalue weighted by Crippen LogP contribution is -2.14. The molecule has 10 aromatic carbocycles. The molecule has 0 heterocycles. The molecule has 0 spiro atoms. The number of rotatable bonds is 9. The molecule has 0 fully saturated rings. The minimum absolute atomic E-state index is 1.13. The monoisotopic (exact) mass is 796 g/mol. The topological polar surface area (TPSA) is 6.48 Å². The first-order valence-corrected chi connectivity index (χ1v) is 21.5. The average Bonchev–Trinajstić information content (AvgIpc) is 3.31. The van der Waals surface area contributed by atoms with Gasteiger partial charge in [0.2, 0.25) is 0 Å². The summed E-state index contributed by atoms with van der Waals surface area (Å²) < 4.78 is 0. The van der Waals surface area contributed by atoms with E-state index in [4.69, 9.17) is 0 Å². The summed E-state index contributed by atoms with van der Waals surface area (Å²) in [6.07, 6.45) is 0. The van der Waals surface area contributed by atoms with E-state index in [1.807, 2.05) is 0 Å². The fourth-order valence-electron chi connectivity index (χ4n) is 9.42. The maximum Gasteiger partial charge on any atom is 0.0540 e. The molecule has 0 bridgehead atoms. The number of nitrogens with zero attached hydrogens (tertiary/aromatic N) is 2. The third-order valence-electron chi connectivity index (χ3n) is 12.2. The van der Waals surface area contributed by atoms with Crippen LogP contribution in [0.5, 0.6) is 0 Å². The van der Waals surface area contributed by atoms with Crippen molar-refractivity contribution in [2.45, 2.75) is 27.7 Å². The van der Waals surface area contributed by atoms with Gasteiger partial charge in [-0.15, -0.1) is 0 Å². The molecular weight excluding hydrogens is 749 g/mol. The van der Waals surface area contributed by atoms with Gasteiger partial charge in [0, 0.05) is 22.5 Å². The Morgan fingerprint density at radius 1 is 0.258 bits per heavy atom. The van der Waals surface area contributed by atoms with Crippen molar-refractivity contribution < 1.29 is 0 Å². The molecule has 0 atom stereocenters. The average molecular weight is 797 g/mol. The summed E-state index contributed by atoms with van der Waals surface area (Å²) in [6, 6.07) is 79.5. The van der Waals surface area contributed by atoms with E-state index in [1.54, 1.807) is 0 Å². The van der Waals surface area contributed by atoms with Crippen LogP contribution < -0.4 is 9.80 Å². The second kappa shape index (κ2) is 16.4. The SMILES string of the molecule is Cc1cc(-c2cc(C)c(N(c3ccc4ccccc4c3)c3ccccc3-c3ccccc3)c(C)c2)cc(C)c1N(c1ccc2ccccc2c1)c1ccccc1-c1ccccc1. The van der Waals surface area contributed by atoms with Crippen LogP contribution in [0.15, 0.2) is 218 Å². The zero-order valence-corrected chi connectivity index (χ0v) is 35.7. The predicted molar refractivity (Wildman–Crippen MR) is 266 cm³/mol. The molecular formula is C60H48N2. The van der Waals surface area contributed by atoms with E-state index in [2.05, 4.69) is 256 Å². The van der Waals surface area contributed by atoms with Crippen molar-refractivity contribution in [3.63, 3.8) is 0 Å². The Hall–Kier alpha value is -7.68. The zero-order chi connectivity index (χ0) is 42.2. The molecule has 0 aromatic heterocycles. The van der Waals surface area contributed by atoms with Gasteiger partial charge in [-0.05, 0) is 154 Å². The fraction of sp³-hybridized carbons (Fsp3) is 0.0667. The molecule has 0 N–H and O–H groups in total. The van der Waals surface area contributed by atoms with Gasteiger partial charge in [0.1, 0.15) is 0 Å². The van der Waals surface area contributed by atoms with Gasteiger partial charge in [0.25, 0.3) is 0 Å². The first-order valence-electron chi connectivity index (χ1n) is 21.5. The zero-order valence-electron chi connectivity index (χ0n) is 35.7. The highest BCUT2D eigenvalue weighted by atomic mass is 15.2. The van der Waals surface area contributed by atoms with Crippen LogP contribution in [0.4, 0.5) is 34.1 Å². The molecule has 0 saturated carbocycles. The number of hydrogen-bond donors (Lipinski definition) is 0. The summed E-state index contributed by atoms with van der Waals surface area (Å²) in [4.78, 5) is 4.93. The van der Waals surface area contributed by atoms with Crippen LogP contribution in [0.3, 0.4) is 0 Å². The molecule has 0 aliphatic heterocycles. The van der Waals surface area contributed by atoms with Crippen LogP contribution in [0, 0.1) is 27.7 Å². The van der Waals surface area contributed by atoms with Gasteiger partial charge in [0.05, 0.1) is 22.7 Å². The molecule has 0 saturated heterocycles. The highest BCUT2D eigenvalue weighted by Gasteiger charge is 2.24. The van der Waals surface area contributed by atoms with Crippen molar-refractivity contribution in [3.05, 3.63) is 241 Å². The number of aryl methyl sites for hydroxylation is 4. The minimum Gasteiger partial charge on any atom is -0.309 e. The summed E-state index contributed by atoms with van der Waals surface area (Å²) in [7, 11) is 0. The highest BCUT2D eigenvalue weighted by Crippen LogP contribution is 2.48. The van der Waals surface area contributed by atoms with Gasteiger partial charge in [-0.3, -0.25) is 0 Å². The third-order valence-corrected chi connectivity index (χ3v) is 12.2. The second-order valence-corrected chi connectivity index (χ2v) is 16.4. The standard InChI is InChI=1S/C60H48N2/c1-41-35-51(36-42(2)59(41)61(53-33-31-45-19-11-13-25-49(45)39-53)57-29-17-15-27-55(57)47-21-7-5-8-22-47)52-37-43(3)60(44(4)38-52)62(54-34-32-46-20-12-14-26-50(46)40-54)58-30-18-16-28-56(58)48-23-9-6-10-24-48/h5-40H,1-4H3. The molecule has 0 aliphatic carbocycles. The van der Waals surface area contributed by atoms with Crippen molar-refractivity contribution in [1.29, 1.82) is 0 Å². The van der Waals surface area contributed by atoms with Gasteiger partial charge in [-0.25, -0.2) is 0 Å². The molecule has 10 rings (SSSR count). The van der Waals surface area contributed by atoms with Crippen molar-refractivity contribution in [2.75, 3.05) is 9.80 Å². The summed E-state index contributed by atoms with van der Waals surface area (Å²) in [5.41, 5.74) is 19.0. The number of anilines is 6. The van der Waals surface area contributed by atoms with E-state index >= 15 is 0 Å². The van der Waals surface area contributed by atoms with E-state index in [0.717, 1.165) is 22.7 Å². The maximum atomic E-state index is 2.47. The first-order chi connectivity index (χ1) is 30.4. The largest absolute Gasteiger partial charge is 0.309 e. The van der Waals surface area contributed by atoms with E-state index in [9.17, 15) is 0 Å². The molecule has 2 nitrogen and oxygen atoms in total. The molecule has 10 aromatic rings. The van der Waals surface area contributed by atoms with Crippen molar-refractivity contribution in [2.24, 2.45) is 0 Å². The Morgan fingerprint density at radius 2 is 0.581 bits per heavy atom. The van der Waals surface area contributed by atoms with Crippen LogP contribution in [0.25, 0.3) is 54.9 Å². The van der Waals surface area contributed by atoms with E-state index in [-0.39, 0.29) is 0 Å². The molecule has 0 aliphatic rings. The summed E-state index contributed by atoms with van der Waals surface area (Å²) in [6.45, 7) is 9.06. The Balaban J connectivity index is 1.11. The molecule has 2 heteroatoms. The Morgan fingerprint density at radius 3 is 0.968 bits per heavy atom. The lowest BCUT2D eigenvalue weighted by Gasteiger charge is -2.32. The number of hydrogen-bond acceptors (Lipinski definition) is 2. The van der Waals surface area contributed by atoms with Crippen LogP contribution >= 0.6 is 0 Å². The summed E-state index contributed by atoms with van der Waals surface area (Å²) in [5.74, 6) is 0. The lowest BCUT2D eigenvalue weighted by atomic mass is 9.93.